The molecule has 0 saturated carbocycles. The third kappa shape index (κ3) is 2.91. The third-order valence-electron chi connectivity index (χ3n) is 3.28. The predicted molar refractivity (Wildman–Crippen MR) is 80.4 cm³/mol. The van der Waals surface area contributed by atoms with Crippen molar-refractivity contribution >= 4 is 34.2 Å². The average molecular weight is 345 g/mol. The lowest BCUT2D eigenvalue weighted by atomic mass is 10.1. The predicted octanol–water partition coefficient (Wildman–Crippen LogP) is 5.48. The fourth-order valence-corrected chi connectivity index (χ4v) is 2.74. The second kappa shape index (κ2) is 5.48. The van der Waals surface area contributed by atoms with Crippen LogP contribution in [0.4, 0.5) is 13.2 Å². The van der Waals surface area contributed by atoms with Gasteiger partial charge in [-0.15, -0.1) is 0 Å². The molecule has 0 spiro atoms. The van der Waals surface area contributed by atoms with Gasteiger partial charge in [-0.3, -0.25) is 4.98 Å². The number of aromatic nitrogens is 2. The molecular weight excluding hydrogens is 336 g/mol. The monoisotopic (exact) mass is 344 g/mol. The Morgan fingerprint density at radius 3 is 2.41 bits per heavy atom. The standard InChI is InChI=1S/C15H9Cl2F3N2/c16-11-2-1-3-12(17)10(11)5-9-6-13-14(22-9)4-8(7-21-13)15(18,19)20/h1-4,6-7,22H,5H2. The van der Waals surface area contributed by atoms with Crippen LogP contribution in [-0.4, -0.2) is 9.97 Å². The van der Waals surface area contributed by atoms with Crippen molar-refractivity contribution < 1.29 is 13.2 Å². The molecule has 0 aliphatic carbocycles. The maximum absolute atomic E-state index is 12.7. The summed E-state index contributed by atoms with van der Waals surface area (Å²) < 4.78 is 38.1. The molecule has 7 heteroatoms. The molecule has 2 aromatic heterocycles. The highest BCUT2D eigenvalue weighted by atomic mass is 35.5. The van der Waals surface area contributed by atoms with Gasteiger partial charge in [-0.1, -0.05) is 29.3 Å². The summed E-state index contributed by atoms with van der Waals surface area (Å²) in [7, 11) is 0. The molecule has 3 rings (SSSR count). The molecule has 3 aromatic rings. The topological polar surface area (TPSA) is 28.7 Å². The average Bonchev–Trinajstić information content (AvgIpc) is 2.83. The number of hydrogen-bond acceptors (Lipinski definition) is 1. The first-order chi connectivity index (χ1) is 10.3. The molecule has 0 aliphatic rings. The Morgan fingerprint density at radius 2 is 1.77 bits per heavy atom. The zero-order chi connectivity index (χ0) is 15.9. The Kier molecular flexibility index (Phi) is 3.78. The van der Waals surface area contributed by atoms with Crippen molar-refractivity contribution in [3.63, 3.8) is 0 Å². The molecule has 0 radical (unpaired) electrons. The van der Waals surface area contributed by atoms with E-state index in [0.717, 1.165) is 12.3 Å². The van der Waals surface area contributed by atoms with Crippen LogP contribution in [0, 0.1) is 0 Å². The summed E-state index contributed by atoms with van der Waals surface area (Å²) in [4.78, 5) is 6.77. The van der Waals surface area contributed by atoms with Crippen molar-refractivity contribution in [2.24, 2.45) is 0 Å². The first-order valence-electron chi connectivity index (χ1n) is 6.32. The summed E-state index contributed by atoms with van der Waals surface area (Å²) >= 11 is 12.2. The van der Waals surface area contributed by atoms with Crippen LogP contribution in [0.2, 0.25) is 10.0 Å². The van der Waals surface area contributed by atoms with Crippen LogP contribution in [0.1, 0.15) is 16.8 Å². The molecule has 0 fully saturated rings. The van der Waals surface area contributed by atoms with Crippen LogP contribution >= 0.6 is 23.2 Å². The number of nitrogens with zero attached hydrogens (tertiary/aromatic N) is 1. The summed E-state index contributed by atoms with van der Waals surface area (Å²) in [6, 6.07) is 7.89. The van der Waals surface area contributed by atoms with Gasteiger partial charge in [0.05, 0.1) is 16.6 Å². The van der Waals surface area contributed by atoms with Crippen molar-refractivity contribution in [1.29, 1.82) is 0 Å². The van der Waals surface area contributed by atoms with Gasteiger partial charge in [-0.05, 0) is 29.8 Å². The summed E-state index contributed by atoms with van der Waals surface area (Å²) in [5.41, 5.74) is 1.41. The van der Waals surface area contributed by atoms with Crippen LogP contribution in [0.5, 0.6) is 0 Å². The number of halogens is 5. The number of alkyl halides is 3. The second-order valence-electron chi connectivity index (χ2n) is 4.83. The minimum atomic E-state index is -4.42. The highest BCUT2D eigenvalue weighted by Crippen LogP contribution is 2.31. The number of H-pyrrole nitrogens is 1. The number of nitrogens with one attached hydrogen (secondary N) is 1. The molecule has 0 saturated heterocycles. The highest BCUT2D eigenvalue weighted by Gasteiger charge is 2.31. The Balaban J connectivity index is 1.99. The zero-order valence-corrected chi connectivity index (χ0v) is 12.5. The van der Waals surface area contributed by atoms with Crippen molar-refractivity contribution in [2.45, 2.75) is 12.6 Å². The smallest absolute Gasteiger partial charge is 0.357 e. The third-order valence-corrected chi connectivity index (χ3v) is 3.99. The number of aromatic amines is 1. The van der Waals surface area contributed by atoms with E-state index in [1.54, 1.807) is 24.3 Å². The summed E-state index contributed by atoms with van der Waals surface area (Å²) in [5, 5.41) is 1.02. The van der Waals surface area contributed by atoms with E-state index in [4.69, 9.17) is 23.2 Å². The Labute approximate surface area is 133 Å². The van der Waals surface area contributed by atoms with E-state index < -0.39 is 11.7 Å². The quantitative estimate of drug-likeness (QED) is 0.655. The van der Waals surface area contributed by atoms with Crippen LogP contribution in [-0.2, 0) is 12.6 Å². The van der Waals surface area contributed by atoms with E-state index in [9.17, 15) is 13.2 Å². The van der Waals surface area contributed by atoms with Crippen LogP contribution < -0.4 is 0 Å². The van der Waals surface area contributed by atoms with Crippen molar-refractivity contribution in [2.75, 3.05) is 0 Å². The summed E-state index contributed by atoms with van der Waals surface area (Å²) in [6.45, 7) is 0. The van der Waals surface area contributed by atoms with Crippen LogP contribution in [0.15, 0.2) is 36.5 Å². The number of fused-ring (bicyclic) bond motifs is 1. The maximum atomic E-state index is 12.7. The first-order valence-corrected chi connectivity index (χ1v) is 7.08. The van der Waals surface area contributed by atoms with E-state index in [1.807, 2.05) is 0 Å². The van der Waals surface area contributed by atoms with Gasteiger partial charge in [-0.2, -0.15) is 13.2 Å². The minimum absolute atomic E-state index is 0.327. The van der Waals surface area contributed by atoms with Gasteiger partial charge in [-0.25, -0.2) is 0 Å². The minimum Gasteiger partial charge on any atom is -0.357 e. The maximum Gasteiger partial charge on any atom is 0.417 e. The van der Waals surface area contributed by atoms with E-state index in [-0.39, 0.29) is 0 Å². The van der Waals surface area contributed by atoms with Crippen molar-refractivity contribution in [3.8, 4) is 0 Å². The molecule has 2 heterocycles. The lowest BCUT2D eigenvalue weighted by molar-refractivity contribution is -0.137. The van der Waals surface area contributed by atoms with Crippen molar-refractivity contribution in [3.05, 3.63) is 63.4 Å². The molecule has 0 atom stereocenters. The number of pyridine rings is 1. The molecule has 0 bridgehead atoms. The first kappa shape index (κ1) is 15.2. The van der Waals surface area contributed by atoms with Crippen LogP contribution in [0.25, 0.3) is 11.0 Å². The Bertz CT molecular complexity index is 820. The fourth-order valence-electron chi connectivity index (χ4n) is 2.21. The molecule has 2 nitrogen and oxygen atoms in total. The Hall–Kier alpha value is -1.72. The van der Waals surface area contributed by atoms with Gasteiger partial charge < -0.3 is 4.98 Å². The largest absolute Gasteiger partial charge is 0.417 e. The zero-order valence-electron chi connectivity index (χ0n) is 11.0. The van der Waals surface area contributed by atoms with Crippen LogP contribution in [0.3, 0.4) is 0 Å². The van der Waals surface area contributed by atoms with Gasteiger partial charge in [0.2, 0.25) is 0 Å². The van der Waals surface area contributed by atoms with E-state index in [2.05, 4.69) is 9.97 Å². The van der Waals surface area contributed by atoms with Gasteiger partial charge in [0.25, 0.3) is 0 Å². The summed E-state index contributed by atoms with van der Waals surface area (Å²) in [5.74, 6) is 0. The van der Waals surface area contributed by atoms with Crippen molar-refractivity contribution in [1.82, 2.24) is 9.97 Å². The molecule has 114 valence electrons. The highest BCUT2D eigenvalue weighted by molar-refractivity contribution is 6.36. The fraction of sp³-hybridized carbons (Fsp3) is 0.133. The van der Waals surface area contributed by atoms with E-state index in [1.165, 1.54) is 0 Å². The number of hydrogen-bond donors (Lipinski definition) is 1. The van der Waals surface area contributed by atoms with Gasteiger partial charge in [0.1, 0.15) is 0 Å². The SMILES string of the molecule is FC(F)(F)c1cnc2cc(Cc3c(Cl)cccc3Cl)[nH]c2c1. The second-order valence-corrected chi connectivity index (χ2v) is 5.64. The lowest BCUT2D eigenvalue weighted by Crippen LogP contribution is -2.04. The van der Waals surface area contributed by atoms with Gasteiger partial charge in [0.15, 0.2) is 0 Å². The summed E-state index contributed by atoms with van der Waals surface area (Å²) in [6.07, 6.45) is -3.21. The molecular formula is C15H9Cl2F3N2. The molecule has 1 aromatic carbocycles. The Morgan fingerprint density at radius 1 is 1.09 bits per heavy atom. The van der Waals surface area contributed by atoms with E-state index in [0.29, 0.717) is 38.8 Å². The molecule has 0 unspecified atom stereocenters. The number of rotatable bonds is 2. The number of benzene rings is 1. The molecule has 0 amide bonds. The van der Waals surface area contributed by atoms with Gasteiger partial charge in [0, 0.05) is 28.4 Å². The van der Waals surface area contributed by atoms with Gasteiger partial charge >= 0.3 is 6.18 Å². The molecule has 22 heavy (non-hydrogen) atoms. The molecule has 0 aliphatic heterocycles. The normalized spacial score (nSPS) is 12.0. The molecule has 1 N–H and O–H groups in total. The lowest BCUT2D eigenvalue weighted by Gasteiger charge is -2.05. The van der Waals surface area contributed by atoms with E-state index >= 15 is 0 Å².